The Morgan fingerprint density at radius 1 is 0.869 bits per heavy atom. The summed E-state index contributed by atoms with van der Waals surface area (Å²) in [6.07, 6.45) is 8.83. The van der Waals surface area contributed by atoms with Crippen LogP contribution in [-0.2, 0) is 19.6 Å². The van der Waals surface area contributed by atoms with E-state index < -0.39 is 61.1 Å². The SMILES string of the molecule is CC1(C)CCC(CN2CCN(c3ccc(C(=O)NS(=O)(=O)c4ccc(NCC5CCN(CCCNc6cccc7c6C(=O)N(C6CCC(=O)NC6=O)C7=O)CC5)c([N+](=O)[O-])c4)c(Oc4cnc5[nH]ccc5c4)c3)CC2)=C(c2ccc(Cl)cc2)C1. The zero-order valence-corrected chi connectivity index (χ0v) is 48.3. The van der Waals surface area contributed by atoms with Crippen molar-refractivity contribution >= 4 is 90.5 Å². The number of rotatable bonds is 19. The number of amides is 5. The lowest BCUT2D eigenvalue weighted by Crippen LogP contribution is -2.54. The predicted molar refractivity (Wildman–Crippen MR) is 319 cm³/mol. The lowest BCUT2D eigenvalue weighted by atomic mass is 9.72. The molecule has 6 aromatic rings. The van der Waals surface area contributed by atoms with Crippen molar-refractivity contribution in [3.05, 3.63) is 146 Å². The summed E-state index contributed by atoms with van der Waals surface area (Å²) >= 11 is 6.27. The molecule has 4 aromatic carbocycles. The minimum atomic E-state index is -4.65. The Hall–Kier alpha value is -8.18. The van der Waals surface area contributed by atoms with Gasteiger partial charge in [0.15, 0.2) is 0 Å². The summed E-state index contributed by atoms with van der Waals surface area (Å²) < 4.78 is 36.4. The van der Waals surface area contributed by atoms with Crippen LogP contribution in [0.2, 0.25) is 5.02 Å². The number of anilines is 3. The maximum Gasteiger partial charge on any atom is 0.293 e. The summed E-state index contributed by atoms with van der Waals surface area (Å²) in [5.41, 5.74) is 6.20. The van der Waals surface area contributed by atoms with Crippen LogP contribution >= 0.6 is 11.6 Å². The Bertz CT molecular complexity index is 3720. The van der Waals surface area contributed by atoms with E-state index in [9.17, 15) is 42.5 Å². The molecule has 0 bridgehead atoms. The Morgan fingerprint density at radius 3 is 2.42 bits per heavy atom. The smallest absolute Gasteiger partial charge is 0.293 e. The van der Waals surface area contributed by atoms with Crippen molar-refractivity contribution in [1.82, 2.24) is 34.7 Å². The topological polar surface area (TPSA) is 262 Å². The number of allylic oxidation sites excluding steroid dienone is 1. The van der Waals surface area contributed by atoms with Crippen LogP contribution in [0.15, 0.2) is 114 Å². The fourth-order valence-electron chi connectivity index (χ4n) is 12.1. The summed E-state index contributed by atoms with van der Waals surface area (Å²) in [4.78, 5) is 91.9. The fraction of sp³-hybridized carbons (Fsp3) is 0.377. The third kappa shape index (κ3) is 12.7. The van der Waals surface area contributed by atoms with Gasteiger partial charge in [-0.2, -0.15) is 0 Å². The second kappa shape index (κ2) is 24.2. The van der Waals surface area contributed by atoms with E-state index in [1.165, 1.54) is 41.1 Å². The maximum atomic E-state index is 14.2. The molecule has 0 radical (unpaired) electrons. The van der Waals surface area contributed by atoms with E-state index >= 15 is 0 Å². The lowest BCUT2D eigenvalue weighted by molar-refractivity contribution is -0.384. The number of H-pyrrole nitrogens is 1. The van der Waals surface area contributed by atoms with Crippen molar-refractivity contribution in [1.29, 1.82) is 0 Å². The van der Waals surface area contributed by atoms with E-state index in [4.69, 9.17) is 16.3 Å². The number of nitro benzene ring substituents is 1. The fourth-order valence-corrected chi connectivity index (χ4v) is 13.2. The van der Waals surface area contributed by atoms with Gasteiger partial charge in [-0.15, -0.1) is 0 Å². The van der Waals surface area contributed by atoms with E-state index in [-0.39, 0.29) is 52.3 Å². The van der Waals surface area contributed by atoms with Crippen LogP contribution in [0.4, 0.5) is 22.7 Å². The van der Waals surface area contributed by atoms with Gasteiger partial charge in [-0.05, 0) is 148 Å². The van der Waals surface area contributed by atoms with Gasteiger partial charge in [0.05, 0.1) is 32.7 Å². The molecular formula is C61H66ClN11O10S. The molecule has 1 atom stereocenters. The van der Waals surface area contributed by atoms with E-state index in [0.29, 0.717) is 48.3 Å². The number of piperazine rings is 1. The zero-order valence-electron chi connectivity index (χ0n) is 46.7. The number of pyridine rings is 1. The number of nitrogens with zero attached hydrogens (tertiary/aromatic N) is 6. The number of benzene rings is 4. The first kappa shape index (κ1) is 57.6. The highest BCUT2D eigenvalue weighted by atomic mass is 35.5. The molecule has 5 N–H and O–H groups in total. The summed E-state index contributed by atoms with van der Waals surface area (Å²) in [6.45, 7) is 11.7. The molecule has 4 aliphatic heterocycles. The summed E-state index contributed by atoms with van der Waals surface area (Å²) in [5.74, 6) is -2.63. The largest absolute Gasteiger partial charge is 0.455 e. The number of carbonyl (C=O) groups is 5. The quantitative estimate of drug-likeness (QED) is 0.0219. The number of sulfonamides is 1. The minimum absolute atomic E-state index is 0.0356. The second-order valence-electron chi connectivity index (χ2n) is 23.1. The molecule has 84 heavy (non-hydrogen) atoms. The minimum Gasteiger partial charge on any atom is -0.455 e. The van der Waals surface area contributed by atoms with Gasteiger partial charge in [-0.25, -0.2) is 18.1 Å². The molecule has 11 rings (SSSR count). The van der Waals surface area contributed by atoms with Gasteiger partial charge in [-0.3, -0.25) is 49.2 Å². The lowest BCUT2D eigenvalue weighted by Gasteiger charge is -2.39. The van der Waals surface area contributed by atoms with Crippen LogP contribution in [0.3, 0.4) is 0 Å². The van der Waals surface area contributed by atoms with Crippen molar-refractivity contribution in [2.75, 3.05) is 81.0 Å². The molecular weight excluding hydrogens is 1110 g/mol. The molecule has 21 nitrogen and oxygen atoms in total. The van der Waals surface area contributed by atoms with Crippen molar-refractivity contribution in [3.8, 4) is 11.5 Å². The highest BCUT2D eigenvalue weighted by molar-refractivity contribution is 7.90. The number of imide groups is 2. The van der Waals surface area contributed by atoms with E-state index in [0.717, 1.165) is 99.8 Å². The van der Waals surface area contributed by atoms with Gasteiger partial charge in [0.25, 0.3) is 33.4 Å². The van der Waals surface area contributed by atoms with Crippen LogP contribution in [-0.4, -0.2) is 139 Å². The van der Waals surface area contributed by atoms with Crippen molar-refractivity contribution in [2.45, 2.75) is 76.2 Å². The highest BCUT2D eigenvalue weighted by Gasteiger charge is 2.46. The predicted octanol–water partition coefficient (Wildman–Crippen LogP) is 8.85. The highest BCUT2D eigenvalue weighted by Crippen LogP contribution is 2.44. The van der Waals surface area contributed by atoms with Gasteiger partial charge in [0, 0.05) is 92.3 Å². The first-order valence-electron chi connectivity index (χ1n) is 28.5. The molecule has 6 heterocycles. The monoisotopic (exact) mass is 1180 g/mol. The average molecular weight is 1180 g/mol. The average Bonchev–Trinajstić information content (AvgIpc) is 4.24. The number of piperidine rings is 2. The van der Waals surface area contributed by atoms with Gasteiger partial charge in [0.1, 0.15) is 28.9 Å². The number of aromatic nitrogens is 2. The number of nitrogens with one attached hydrogen (secondary N) is 5. The molecule has 5 amide bonds. The number of hydrogen-bond acceptors (Lipinski definition) is 16. The molecule has 3 fully saturated rings. The Balaban J connectivity index is 0.695. The first-order valence-corrected chi connectivity index (χ1v) is 30.3. The normalized spacial score (nSPS) is 18.9. The van der Waals surface area contributed by atoms with Crippen LogP contribution in [0, 0.1) is 21.4 Å². The number of halogens is 1. The molecule has 438 valence electrons. The molecule has 3 saturated heterocycles. The van der Waals surface area contributed by atoms with Gasteiger partial charge in [0.2, 0.25) is 11.8 Å². The van der Waals surface area contributed by atoms with Crippen LogP contribution < -0.4 is 30.3 Å². The molecule has 1 aliphatic carbocycles. The van der Waals surface area contributed by atoms with Crippen molar-refractivity contribution in [3.63, 3.8) is 0 Å². The number of likely N-dealkylation sites (tertiary alicyclic amines) is 1. The molecule has 0 spiro atoms. The van der Waals surface area contributed by atoms with Crippen molar-refractivity contribution < 1.29 is 42.1 Å². The van der Waals surface area contributed by atoms with E-state index in [1.807, 2.05) is 18.2 Å². The van der Waals surface area contributed by atoms with Crippen molar-refractivity contribution in [2.24, 2.45) is 11.3 Å². The Kier molecular flexibility index (Phi) is 16.6. The zero-order chi connectivity index (χ0) is 58.9. The summed E-state index contributed by atoms with van der Waals surface area (Å²) in [5, 5.41) is 22.6. The van der Waals surface area contributed by atoms with Crippen LogP contribution in [0.5, 0.6) is 11.5 Å². The number of hydrogen-bond donors (Lipinski definition) is 5. The Morgan fingerprint density at radius 2 is 1.65 bits per heavy atom. The van der Waals surface area contributed by atoms with Gasteiger partial charge < -0.3 is 30.2 Å². The summed E-state index contributed by atoms with van der Waals surface area (Å²) in [6, 6.07) is 24.2. The number of fused-ring (bicyclic) bond motifs is 2. The molecule has 1 unspecified atom stereocenters. The van der Waals surface area contributed by atoms with Crippen LogP contribution in [0.25, 0.3) is 16.6 Å². The van der Waals surface area contributed by atoms with E-state index in [2.05, 4.69) is 71.3 Å². The second-order valence-corrected chi connectivity index (χ2v) is 25.2. The van der Waals surface area contributed by atoms with Crippen LogP contribution in [0.1, 0.15) is 102 Å². The van der Waals surface area contributed by atoms with E-state index in [1.54, 1.807) is 42.6 Å². The third-order valence-corrected chi connectivity index (χ3v) is 18.3. The molecule has 2 aromatic heterocycles. The van der Waals surface area contributed by atoms with Gasteiger partial charge >= 0.3 is 0 Å². The number of aromatic amines is 1. The third-order valence-electron chi connectivity index (χ3n) is 16.8. The Labute approximate surface area is 491 Å². The van der Waals surface area contributed by atoms with Gasteiger partial charge in [-0.1, -0.05) is 49.2 Å². The first-order chi connectivity index (χ1) is 40.4. The number of carbonyl (C=O) groups excluding carboxylic acids is 5. The summed E-state index contributed by atoms with van der Waals surface area (Å²) in [7, 11) is -4.65. The molecule has 23 heteroatoms. The number of nitro groups is 1. The molecule has 0 saturated carbocycles. The molecule has 5 aliphatic rings. The number of ether oxygens (including phenoxy) is 1. The maximum absolute atomic E-state index is 14.2. The standard InChI is InChI=1S/C61H66ClN11O10S/c1-61(2)21-17-41(48(34-61)39-7-9-42(62)10-8-39)37-70-27-29-71(30-28-70)43-11-13-46(53(32-43)83-44-31-40-18-23-64-56(40)66-36-44)57(75)68-84(81,82)45-12-14-49(52(33-45)73(79)80)65-35-38-19-25-69(26-20-38)24-4-22-63-50-6-3-5-47-55(50)60(78)72(59(47)77)51-15-16-54(74)67-58(51)76/h3,5-14,18,23,31-33,36,38,51,63,65H,4,15-17,19-22,24-30,34-35,37H2,1-2H3,(H,64,66)(H,68,75)(H,67,74,76).